The van der Waals surface area contributed by atoms with Crippen molar-refractivity contribution in [3.05, 3.63) is 29.8 Å². The lowest BCUT2D eigenvalue weighted by molar-refractivity contribution is 0.102. The Morgan fingerprint density at radius 3 is 2.70 bits per heavy atom. The first-order valence-electron chi connectivity index (χ1n) is 7.90. The molecule has 0 aliphatic rings. The normalized spacial score (nSPS) is 10.8. The summed E-state index contributed by atoms with van der Waals surface area (Å²) in [7, 11) is 0. The lowest BCUT2D eigenvalue weighted by Gasteiger charge is -2.08. The lowest BCUT2D eigenvalue weighted by atomic mass is 10.2. The molecule has 1 aromatic carbocycles. The van der Waals surface area contributed by atoms with Crippen molar-refractivity contribution in [1.82, 2.24) is 20.2 Å². The number of benzene rings is 1. The predicted octanol–water partition coefficient (Wildman–Crippen LogP) is 2.76. The van der Waals surface area contributed by atoms with Gasteiger partial charge in [0, 0.05) is 5.56 Å². The number of rotatable bonds is 8. The van der Waals surface area contributed by atoms with Crippen LogP contribution in [0.2, 0.25) is 0 Å². The Bertz CT molecular complexity index is 622. The van der Waals surface area contributed by atoms with Crippen LogP contribution in [-0.2, 0) is 6.54 Å². The van der Waals surface area contributed by atoms with E-state index in [4.69, 9.17) is 4.74 Å². The number of ether oxygens (including phenoxy) is 1. The quantitative estimate of drug-likeness (QED) is 0.809. The van der Waals surface area contributed by atoms with Gasteiger partial charge in [0.05, 0.1) is 13.2 Å². The fraction of sp³-hybridized carbons (Fsp3) is 0.500. The van der Waals surface area contributed by atoms with E-state index >= 15 is 0 Å². The van der Waals surface area contributed by atoms with Crippen LogP contribution in [0.5, 0.6) is 5.75 Å². The molecule has 7 heteroatoms. The van der Waals surface area contributed by atoms with E-state index in [1.165, 1.54) is 4.80 Å². The van der Waals surface area contributed by atoms with Gasteiger partial charge in [-0.1, -0.05) is 32.3 Å². The maximum Gasteiger partial charge on any atom is 0.270 e. The first kappa shape index (κ1) is 16.9. The summed E-state index contributed by atoms with van der Waals surface area (Å²) in [6, 6.07) is 6.99. The molecule has 2 rings (SSSR count). The third-order valence-electron chi connectivity index (χ3n) is 3.09. The number of tetrazole rings is 1. The van der Waals surface area contributed by atoms with E-state index in [0.29, 0.717) is 24.6 Å². The van der Waals surface area contributed by atoms with Crippen molar-refractivity contribution in [2.75, 3.05) is 11.9 Å². The van der Waals surface area contributed by atoms with Gasteiger partial charge in [-0.15, -0.1) is 5.10 Å². The van der Waals surface area contributed by atoms with E-state index in [-0.39, 0.29) is 11.9 Å². The summed E-state index contributed by atoms with van der Waals surface area (Å²) in [5.74, 6) is 1.15. The average Bonchev–Trinajstić information content (AvgIpc) is 2.98. The molecule has 1 aromatic heterocycles. The van der Waals surface area contributed by atoms with Crippen molar-refractivity contribution in [2.24, 2.45) is 5.92 Å². The summed E-state index contributed by atoms with van der Waals surface area (Å²) < 4.78 is 5.59. The zero-order valence-corrected chi connectivity index (χ0v) is 13.8. The highest BCUT2D eigenvalue weighted by molar-refractivity contribution is 6.03. The molecule has 0 saturated carbocycles. The molecule has 0 radical (unpaired) electrons. The van der Waals surface area contributed by atoms with Crippen molar-refractivity contribution in [2.45, 2.75) is 40.2 Å². The van der Waals surface area contributed by atoms with Crippen LogP contribution in [0.3, 0.4) is 0 Å². The Morgan fingerprint density at radius 2 is 2.04 bits per heavy atom. The maximum absolute atomic E-state index is 12.1. The number of anilines is 1. The van der Waals surface area contributed by atoms with Crippen molar-refractivity contribution in [3.63, 3.8) is 0 Å². The van der Waals surface area contributed by atoms with Crippen molar-refractivity contribution >= 4 is 11.9 Å². The van der Waals surface area contributed by atoms with E-state index in [2.05, 4.69) is 41.5 Å². The minimum absolute atomic E-state index is 0.214. The molecule has 7 nitrogen and oxygen atoms in total. The van der Waals surface area contributed by atoms with E-state index in [1.54, 1.807) is 24.3 Å². The minimum Gasteiger partial charge on any atom is -0.493 e. The number of nitrogens with zero attached hydrogens (tertiary/aromatic N) is 4. The number of amides is 1. The highest BCUT2D eigenvalue weighted by Crippen LogP contribution is 2.14. The summed E-state index contributed by atoms with van der Waals surface area (Å²) >= 11 is 0. The van der Waals surface area contributed by atoms with E-state index in [9.17, 15) is 4.79 Å². The van der Waals surface area contributed by atoms with E-state index in [1.807, 2.05) is 0 Å². The number of unbranched alkanes of at least 4 members (excludes halogenated alkanes) is 1. The van der Waals surface area contributed by atoms with Crippen LogP contribution in [0.4, 0.5) is 5.95 Å². The first-order chi connectivity index (χ1) is 11.1. The van der Waals surface area contributed by atoms with Gasteiger partial charge in [-0.2, -0.15) is 4.80 Å². The van der Waals surface area contributed by atoms with Gasteiger partial charge >= 0.3 is 0 Å². The molecule has 0 bridgehead atoms. The second-order valence-electron chi connectivity index (χ2n) is 5.75. The molecule has 23 heavy (non-hydrogen) atoms. The minimum atomic E-state index is -0.268. The van der Waals surface area contributed by atoms with Crippen LogP contribution < -0.4 is 10.1 Å². The monoisotopic (exact) mass is 317 g/mol. The molecule has 124 valence electrons. The highest BCUT2D eigenvalue weighted by Gasteiger charge is 2.10. The Kier molecular flexibility index (Phi) is 6.08. The molecular weight excluding hydrogens is 294 g/mol. The van der Waals surface area contributed by atoms with Crippen LogP contribution in [-0.4, -0.2) is 32.7 Å². The summed E-state index contributed by atoms with van der Waals surface area (Å²) in [6.45, 7) is 7.61. The number of carbonyl (C=O) groups excluding carboxylic acids is 1. The van der Waals surface area contributed by atoms with Crippen LogP contribution in [0.25, 0.3) is 0 Å². The molecule has 0 aliphatic carbocycles. The number of nitrogens with one attached hydrogen (secondary N) is 1. The van der Waals surface area contributed by atoms with Crippen LogP contribution >= 0.6 is 0 Å². The summed E-state index contributed by atoms with van der Waals surface area (Å²) in [6.07, 6.45) is 2.02. The molecule has 0 fully saturated rings. The third kappa shape index (κ3) is 5.36. The zero-order valence-electron chi connectivity index (χ0n) is 13.8. The van der Waals surface area contributed by atoms with Crippen molar-refractivity contribution < 1.29 is 9.53 Å². The molecule has 0 spiro atoms. The largest absolute Gasteiger partial charge is 0.493 e. The predicted molar refractivity (Wildman–Crippen MR) is 87.5 cm³/mol. The Morgan fingerprint density at radius 1 is 1.30 bits per heavy atom. The van der Waals surface area contributed by atoms with Crippen molar-refractivity contribution in [3.8, 4) is 5.75 Å². The van der Waals surface area contributed by atoms with Crippen LogP contribution in [0.1, 0.15) is 44.0 Å². The second-order valence-corrected chi connectivity index (χ2v) is 5.75. The number of hydrogen-bond acceptors (Lipinski definition) is 5. The van der Waals surface area contributed by atoms with E-state index in [0.717, 1.165) is 18.6 Å². The molecule has 0 saturated heterocycles. The van der Waals surface area contributed by atoms with Gasteiger partial charge in [-0.05, 0) is 41.8 Å². The standard InChI is InChI=1S/C16H23N5O2/c1-4-5-10-21-19-16(18-20-21)17-15(22)13-6-8-14(9-7-13)23-11-12(2)3/h6-9,12H,4-5,10-11H2,1-3H3,(H,17,19,22). The fourth-order valence-corrected chi connectivity index (χ4v) is 1.83. The average molecular weight is 317 g/mol. The molecular formula is C16H23N5O2. The summed E-state index contributed by atoms with van der Waals surface area (Å²) in [5.41, 5.74) is 0.520. The van der Waals surface area contributed by atoms with Gasteiger partial charge in [0.2, 0.25) is 0 Å². The zero-order chi connectivity index (χ0) is 16.7. The number of carbonyl (C=O) groups is 1. The van der Waals surface area contributed by atoms with Gasteiger partial charge in [-0.25, -0.2) is 0 Å². The Balaban J connectivity index is 1.91. The van der Waals surface area contributed by atoms with Gasteiger partial charge in [0.1, 0.15) is 5.75 Å². The third-order valence-corrected chi connectivity index (χ3v) is 3.09. The van der Waals surface area contributed by atoms with E-state index < -0.39 is 0 Å². The Hall–Kier alpha value is -2.44. The van der Waals surface area contributed by atoms with Crippen LogP contribution in [0.15, 0.2) is 24.3 Å². The molecule has 1 amide bonds. The second kappa shape index (κ2) is 8.26. The fourth-order valence-electron chi connectivity index (χ4n) is 1.83. The maximum atomic E-state index is 12.1. The summed E-state index contributed by atoms with van der Waals surface area (Å²) in [4.78, 5) is 13.6. The number of aryl methyl sites for hydroxylation is 1. The SMILES string of the molecule is CCCCn1nnc(NC(=O)c2ccc(OCC(C)C)cc2)n1. The topological polar surface area (TPSA) is 81.9 Å². The Labute approximate surface area is 136 Å². The molecule has 0 unspecified atom stereocenters. The van der Waals surface area contributed by atoms with Crippen molar-refractivity contribution in [1.29, 1.82) is 0 Å². The molecule has 2 aromatic rings. The van der Waals surface area contributed by atoms with Gasteiger partial charge < -0.3 is 4.74 Å². The van der Waals surface area contributed by atoms with Gasteiger partial charge in [-0.3, -0.25) is 10.1 Å². The summed E-state index contributed by atoms with van der Waals surface area (Å²) in [5, 5.41) is 14.5. The van der Waals surface area contributed by atoms with Gasteiger partial charge in [0.15, 0.2) is 0 Å². The lowest BCUT2D eigenvalue weighted by Crippen LogP contribution is -2.13. The molecule has 1 N–H and O–H groups in total. The number of hydrogen-bond donors (Lipinski definition) is 1. The highest BCUT2D eigenvalue weighted by atomic mass is 16.5. The van der Waals surface area contributed by atoms with Gasteiger partial charge in [0.25, 0.3) is 11.9 Å². The molecule has 0 atom stereocenters. The first-order valence-corrected chi connectivity index (χ1v) is 7.90. The molecule has 1 heterocycles. The molecule has 0 aliphatic heterocycles. The smallest absolute Gasteiger partial charge is 0.270 e. The van der Waals surface area contributed by atoms with Crippen LogP contribution in [0, 0.1) is 5.92 Å². The number of aromatic nitrogens is 4.